The van der Waals surface area contributed by atoms with E-state index in [1.54, 1.807) is 19.2 Å². The molecule has 0 aliphatic rings. The van der Waals surface area contributed by atoms with Gasteiger partial charge in [-0.2, -0.15) is 0 Å². The van der Waals surface area contributed by atoms with E-state index in [0.717, 1.165) is 0 Å². The molecule has 3 nitrogen and oxygen atoms in total. The lowest BCUT2D eigenvalue weighted by molar-refractivity contribution is 0.100. The molecule has 0 bridgehead atoms. The van der Waals surface area contributed by atoms with Crippen LogP contribution in [-0.2, 0) is 0 Å². The number of carbonyl (C=O) groups is 1. The predicted octanol–water partition coefficient (Wildman–Crippen LogP) is 2.63. The first kappa shape index (κ1) is 12.1. The molecule has 0 aromatic heterocycles. The Bertz CT molecular complexity index is 582. The molecule has 0 fully saturated rings. The molecule has 0 saturated heterocycles. The lowest BCUT2D eigenvalue weighted by Gasteiger charge is -2.13. The van der Waals surface area contributed by atoms with E-state index in [-0.39, 0.29) is 5.56 Å². The summed E-state index contributed by atoms with van der Waals surface area (Å²) in [5.74, 6) is -0.980. The third-order valence-corrected chi connectivity index (χ3v) is 2.73. The average Bonchev–Trinajstić information content (AvgIpc) is 2.38. The highest BCUT2D eigenvalue weighted by Gasteiger charge is 2.16. The van der Waals surface area contributed by atoms with Crippen LogP contribution in [0, 0.1) is 5.82 Å². The third kappa shape index (κ3) is 2.05. The molecule has 0 atom stereocenters. The molecule has 1 amide bonds. The lowest BCUT2D eigenvalue weighted by atomic mass is 9.99. The van der Waals surface area contributed by atoms with Gasteiger partial charge in [-0.05, 0) is 17.7 Å². The van der Waals surface area contributed by atoms with Gasteiger partial charge in [-0.15, -0.1) is 0 Å². The molecular formula is C14H13FN2O. The normalized spacial score (nSPS) is 10.1. The summed E-state index contributed by atoms with van der Waals surface area (Å²) in [7, 11) is 1.63. The number of anilines is 1. The van der Waals surface area contributed by atoms with E-state index >= 15 is 0 Å². The van der Waals surface area contributed by atoms with Gasteiger partial charge in [-0.25, -0.2) is 4.39 Å². The number of rotatable bonds is 3. The molecule has 0 saturated carbocycles. The fraction of sp³-hybridized carbons (Fsp3) is 0.0714. The van der Waals surface area contributed by atoms with Gasteiger partial charge in [0.05, 0.1) is 11.3 Å². The molecule has 92 valence electrons. The number of primary amides is 1. The van der Waals surface area contributed by atoms with Crippen molar-refractivity contribution in [3.8, 4) is 11.1 Å². The first-order chi connectivity index (χ1) is 8.65. The molecule has 3 N–H and O–H groups in total. The van der Waals surface area contributed by atoms with Crippen molar-refractivity contribution in [3.05, 3.63) is 53.8 Å². The molecule has 0 aliphatic carbocycles. The van der Waals surface area contributed by atoms with Gasteiger partial charge in [-0.3, -0.25) is 4.79 Å². The SMILES string of the molecule is CNc1c(C(N)=O)ccc(F)c1-c1ccccc1. The number of nitrogens with two attached hydrogens (primary N) is 1. The number of nitrogens with one attached hydrogen (secondary N) is 1. The Kier molecular flexibility index (Phi) is 3.28. The minimum atomic E-state index is -0.587. The second-order valence-electron chi connectivity index (χ2n) is 3.83. The van der Waals surface area contributed by atoms with Crippen LogP contribution in [0.2, 0.25) is 0 Å². The first-order valence-electron chi connectivity index (χ1n) is 5.50. The van der Waals surface area contributed by atoms with Gasteiger partial charge in [0.15, 0.2) is 0 Å². The number of amides is 1. The van der Waals surface area contributed by atoms with E-state index in [4.69, 9.17) is 5.73 Å². The van der Waals surface area contributed by atoms with Gasteiger partial charge < -0.3 is 11.1 Å². The Morgan fingerprint density at radius 1 is 1.17 bits per heavy atom. The van der Waals surface area contributed by atoms with Crippen LogP contribution in [0.4, 0.5) is 10.1 Å². The van der Waals surface area contributed by atoms with Crippen LogP contribution >= 0.6 is 0 Å². The van der Waals surface area contributed by atoms with Crippen molar-refractivity contribution in [2.45, 2.75) is 0 Å². The molecule has 0 radical (unpaired) electrons. The average molecular weight is 244 g/mol. The van der Waals surface area contributed by atoms with Crippen LogP contribution in [0.3, 0.4) is 0 Å². The Labute approximate surface area is 104 Å². The topological polar surface area (TPSA) is 55.1 Å². The van der Waals surface area contributed by atoms with Gasteiger partial charge in [0.25, 0.3) is 5.91 Å². The monoisotopic (exact) mass is 244 g/mol. The molecule has 2 aromatic rings. The molecule has 0 unspecified atom stereocenters. The Morgan fingerprint density at radius 3 is 2.39 bits per heavy atom. The lowest BCUT2D eigenvalue weighted by Crippen LogP contribution is -2.14. The van der Waals surface area contributed by atoms with E-state index in [1.165, 1.54) is 12.1 Å². The molecule has 0 spiro atoms. The maximum absolute atomic E-state index is 14.0. The van der Waals surface area contributed by atoms with Gasteiger partial charge >= 0.3 is 0 Å². The van der Waals surface area contributed by atoms with Crippen LogP contribution in [0.25, 0.3) is 11.1 Å². The van der Waals surface area contributed by atoms with Crippen molar-refractivity contribution in [1.82, 2.24) is 0 Å². The summed E-state index contributed by atoms with van der Waals surface area (Å²) >= 11 is 0. The van der Waals surface area contributed by atoms with Crippen molar-refractivity contribution in [3.63, 3.8) is 0 Å². The van der Waals surface area contributed by atoms with Crippen molar-refractivity contribution < 1.29 is 9.18 Å². The van der Waals surface area contributed by atoms with E-state index in [1.807, 2.05) is 18.2 Å². The van der Waals surface area contributed by atoms with Gasteiger partial charge in [0.2, 0.25) is 0 Å². The summed E-state index contributed by atoms with van der Waals surface area (Å²) in [6.45, 7) is 0. The maximum Gasteiger partial charge on any atom is 0.250 e. The van der Waals surface area contributed by atoms with E-state index < -0.39 is 11.7 Å². The number of hydrogen-bond acceptors (Lipinski definition) is 2. The summed E-state index contributed by atoms with van der Waals surface area (Å²) in [5, 5.41) is 2.84. The Morgan fingerprint density at radius 2 is 1.83 bits per heavy atom. The highest BCUT2D eigenvalue weighted by atomic mass is 19.1. The van der Waals surface area contributed by atoms with Crippen LogP contribution in [0.5, 0.6) is 0 Å². The van der Waals surface area contributed by atoms with Crippen molar-refractivity contribution >= 4 is 11.6 Å². The van der Waals surface area contributed by atoms with E-state index in [2.05, 4.69) is 5.32 Å². The zero-order chi connectivity index (χ0) is 13.1. The zero-order valence-corrected chi connectivity index (χ0v) is 9.91. The quantitative estimate of drug-likeness (QED) is 0.872. The van der Waals surface area contributed by atoms with Crippen LogP contribution in [0.15, 0.2) is 42.5 Å². The summed E-state index contributed by atoms with van der Waals surface area (Å²) < 4.78 is 14.0. The van der Waals surface area contributed by atoms with E-state index in [0.29, 0.717) is 16.8 Å². The zero-order valence-electron chi connectivity index (χ0n) is 9.91. The number of benzene rings is 2. The second kappa shape index (κ2) is 4.87. The molecule has 18 heavy (non-hydrogen) atoms. The predicted molar refractivity (Wildman–Crippen MR) is 69.9 cm³/mol. The highest BCUT2D eigenvalue weighted by Crippen LogP contribution is 2.33. The van der Waals surface area contributed by atoms with Crippen molar-refractivity contribution in [2.24, 2.45) is 5.73 Å². The number of hydrogen-bond donors (Lipinski definition) is 2. The minimum absolute atomic E-state index is 0.276. The van der Waals surface area contributed by atoms with E-state index in [9.17, 15) is 9.18 Å². The highest BCUT2D eigenvalue weighted by molar-refractivity contribution is 6.02. The van der Waals surface area contributed by atoms with Crippen molar-refractivity contribution in [2.75, 3.05) is 12.4 Å². The third-order valence-electron chi connectivity index (χ3n) is 2.73. The van der Waals surface area contributed by atoms with Gasteiger partial charge in [0.1, 0.15) is 5.82 Å². The molecule has 2 rings (SSSR count). The molecule has 2 aromatic carbocycles. The molecule has 4 heteroatoms. The number of carbonyl (C=O) groups excluding carboxylic acids is 1. The fourth-order valence-electron chi connectivity index (χ4n) is 1.93. The van der Waals surface area contributed by atoms with Crippen LogP contribution in [0.1, 0.15) is 10.4 Å². The molecular weight excluding hydrogens is 231 g/mol. The largest absolute Gasteiger partial charge is 0.387 e. The summed E-state index contributed by atoms with van der Waals surface area (Å²) in [6.07, 6.45) is 0. The van der Waals surface area contributed by atoms with Gasteiger partial charge in [0, 0.05) is 12.6 Å². The minimum Gasteiger partial charge on any atom is -0.387 e. The molecule has 0 heterocycles. The fourth-order valence-corrected chi connectivity index (χ4v) is 1.93. The van der Waals surface area contributed by atoms with Crippen molar-refractivity contribution in [1.29, 1.82) is 0 Å². The smallest absolute Gasteiger partial charge is 0.250 e. The standard InChI is InChI=1S/C14H13FN2O/c1-17-13-10(14(16)18)7-8-11(15)12(13)9-5-3-2-4-6-9/h2-8,17H,1H3,(H2,16,18). The van der Waals surface area contributed by atoms with Gasteiger partial charge in [-0.1, -0.05) is 30.3 Å². The summed E-state index contributed by atoms with van der Waals surface area (Å²) in [4.78, 5) is 11.3. The summed E-state index contributed by atoms with van der Waals surface area (Å²) in [6, 6.07) is 11.7. The van der Waals surface area contributed by atoms with Crippen LogP contribution < -0.4 is 11.1 Å². The Hall–Kier alpha value is -2.36. The van der Waals surface area contributed by atoms with Crippen LogP contribution in [-0.4, -0.2) is 13.0 Å². The molecule has 0 aliphatic heterocycles. The Balaban J connectivity index is 2.73. The summed E-state index contributed by atoms with van der Waals surface area (Å²) in [5.41, 5.74) is 7.02. The maximum atomic E-state index is 14.0. The first-order valence-corrected chi connectivity index (χ1v) is 5.50. The second-order valence-corrected chi connectivity index (χ2v) is 3.83. The number of halogens is 1.